The third-order valence-electron chi connectivity index (χ3n) is 2.34. The first-order chi connectivity index (χ1) is 7.13. The minimum absolute atomic E-state index is 0.0659. The van der Waals surface area contributed by atoms with Crippen LogP contribution < -0.4 is 15.2 Å². The first-order valence-electron chi connectivity index (χ1n) is 5.16. The van der Waals surface area contributed by atoms with Gasteiger partial charge < -0.3 is 15.2 Å². The van der Waals surface area contributed by atoms with Gasteiger partial charge in [0.05, 0.1) is 7.11 Å². The van der Waals surface area contributed by atoms with Crippen LogP contribution in [0.1, 0.15) is 13.8 Å². The van der Waals surface area contributed by atoms with Gasteiger partial charge in [-0.3, -0.25) is 0 Å². The highest BCUT2D eigenvalue weighted by molar-refractivity contribution is 5.32. The van der Waals surface area contributed by atoms with Crippen LogP contribution in [0.25, 0.3) is 0 Å². The van der Waals surface area contributed by atoms with E-state index < -0.39 is 0 Å². The first kappa shape index (κ1) is 11.9. The maximum atomic E-state index is 5.88. The number of hydrogen-bond donors (Lipinski definition) is 1. The van der Waals surface area contributed by atoms with Crippen molar-refractivity contribution >= 4 is 0 Å². The molecule has 0 saturated heterocycles. The molecular weight excluding hydrogens is 190 g/mol. The topological polar surface area (TPSA) is 44.5 Å². The van der Waals surface area contributed by atoms with Crippen LogP contribution in [0.15, 0.2) is 24.3 Å². The van der Waals surface area contributed by atoms with E-state index in [0.29, 0.717) is 12.5 Å². The van der Waals surface area contributed by atoms with Gasteiger partial charge in [-0.2, -0.15) is 0 Å². The van der Waals surface area contributed by atoms with E-state index in [4.69, 9.17) is 15.2 Å². The Morgan fingerprint density at radius 2 is 1.93 bits per heavy atom. The highest BCUT2D eigenvalue weighted by Gasteiger charge is 2.08. The number of hydrogen-bond acceptors (Lipinski definition) is 3. The zero-order chi connectivity index (χ0) is 11.3. The van der Waals surface area contributed by atoms with Gasteiger partial charge in [0.25, 0.3) is 0 Å². The van der Waals surface area contributed by atoms with E-state index in [1.807, 2.05) is 24.3 Å². The highest BCUT2D eigenvalue weighted by Crippen LogP contribution is 2.19. The zero-order valence-electron chi connectivity index (χ0n) is 9.57. The van der Waals surface area contributed by atoms with Gasteiger partial charge in [-0.1, -0.05) is 19.9 Å². The summed E-state index contributed by atoms with van der Waals surface area (Å²) in [5.41, 5.74) is 5.88. The smallest absolute Gasteiger partial charge is 0.123 e. The molecule has 1 aromatic rings. The van der Waals surface area contributed by atoms with Gasteiger partial charge in [-0.15, -0.1) is 0 Å². The molecule has 84 valence electrons. The average Bonchev–Trinajstić information content (AvgIpc) is 2.26. The summed E-state index contributed by atoms with van der Waals surface area (Å²) in [4.78, 5) is 0. The van der Waals surface area contributed by atoms with Crippen LogP contribution in [-0.4, -0.2) is 19.8 Å². The van der Waals surface area contributed by atoms with Gasteiger partial charge >= 0.3 is 0 Å². The highest BCUT2D eigenvalue weighted by atomic mass is 16.5. The third-order valence-corrected chi connectivity index (χ3v) is 2.34. The summed E-state index contributed by atoms with van der Waals surface area (Å²) >= 11 is 0. The molecule has 1 unspecified atom stereocenters. The summed E-state index contributed by atoms with van der Waals surface area (Å²) in [7, 11) is 1.64. The molecule has 0 aliphatic heterocycles. The summed E-state index contributed by atoms with van der Waals surface area (Å²) in [6, 6.07) is 7.60. The number of nitrogens with two attached hydrogens (primary N) is 1. The molecule has 0 amide bonds. The van der Waals surface area contributed by atoms with Crippen LogP contribution in [0.5, 0.6) is 11.5 Å². The van der Waals surface area contributed by atoms with Crippen molar-refractivity contribution in [3.8, 4) is 11.5 Å². The van der Waals surface area contributed by atoms with Gasteiger partial charge in [-0.25, -0.2) is 0 Å². The molecule has 15 heavy (non-hydrogen) atoms. The molecule has 0 saturated carbocycles. The second-order valence-corrected chi connectivity index (χ2v) is 3.90. The molecule has 1 atom stereocenters. The van der Waals surface area contributed by atoms with Crippen LogP contribution >= 0.6 is 0 Å². The van der Waals surface area contributed by atoms with Crippen molar-refractivity contribution in [3.05, 3.63) is 24.3 Å². The zero-order valence-corrected chi connectivity index (χ0v) is 9.57. The fraction of sp³-hybridized carbons (Fsp3) is 0.500. The standard InChI is InChI=1S/C12H19NO2/c1-9(2)12(13)8-15-11-6-4-5-10(7-11)14-3/h4-7,9,12H,8,13H2,1-3H3. The van der Waals surface area contributed by atoms with Gasteiger partial charge in [0.1, 0.15) is 18.1 Å². The Bertz CT molecular complexity index is 299. The Balaban J connectivity index is 2.50. The monoisotopic (exact) mass is 209 g/mol. The van der Waals surface area contributed by atoms with Crippen LogP contribution in [0.2, 0.25) is 0 Å². The predicted molar refractivity (Wildman–Crippen MR) is 61.3 cm³/mol. The fourth-order valence-electron chi connectivity index (χ4n) is 1.08. The van der Waals surface area contributed by atoms with Crippen molar-refractivity contribution in [1.82, 2.24) is 0 Å². The van der Waals surface area contributed by atoms with Gasteiger partial charge in [0.2, 0.25) is 0 Å². The molecule has 3 nitrogen and oxygen atoms in total. The number of methoxy groups -OCH3 is 1. The Morgan fingerprint density at radius 1 is 1.27 bits per heavy atom. The lowest BCUT2D eigenvalue weighted by Crippen LogP contribution is -2.32. The molecule has 0 radical (unpaired) electrons. The fourth-order valence-corrected chi connectivity index (χ4v) is 1.08. The first-order valence-corrected chi connectivity index (χ1v) is 5.16. The Hall–Kier alpha value is -1.22. The van der Waals surface area contributed by atoms with Crippen molar-refractivity contribution in [2.24, 2.45) is 11.7 Å². The Labute approximate surface area is 91.2 Å². The van der Waals surface area contributed by atoms with E-state index >= 15 is 0 Å². The SMILES string of the molecule is COc1cccc(OCC(N)C(C)C)c1. The number of benzene rings is 1. The lowest BCUT2D eigenvalue weighted by atomic mass is 10.1. The molecule has 3 heteroatoms. The lowest BCUT2D eigenvalue weighted by Gasteiger charge is -2.16. The van der Waals surface area contributed by atoms with Crippen LogP contribution in [0.3, 0.4) is 0 Å². The summed E-state index contributed by atoms with van der Waals surface area (Å²) < 4.78 is 10.7. The maximum absolute atomic E-state index is 5.88. The third kappa shape index (κ3) is 3.80. The van der Waals surface area contributed by atoms with E-state index in [-0.39, 0.29) is 6.04 Å². The quantitative estimate of drug-likeness (QED) is 0.807. The van der Waals surface area contributed by atoms with E-state index in [9.17, 15) is 0 Å². The molecule has 2 N–H and O–H groups in total. The second kappa shape index (κ2) is 5.61. The van der Waals surface area contributed by atoms with Crippen LogP contribution in [0, 0.1) is 5.92 Å². The van der Waals surface area contributed by atoms with E-state index in [2.05, 4.69) is 13.8 Å². The molecule has 0 heterocycles. The maximum Gasteiger partial charge on any atom is 0.123 e. The molecule has 0 spiro atoms. The summed E-state index contributed by atoms with van der Waals surface area (Å²) in [6.45, 7) is 4.70. The van der Waals surface area contributed by atoms with Gasteiger partial charge in [0, 0.05) is 12.1 Å². The van der Waals surface area contributed by atoms with E-state index in [0.717, 1.165) is 11.5 Å². The van der Waals surface area contributed by atoms with Crippen molar-refractivity contribution in [2.75, 3.05) is 13.7 Å². The molecule has 1 rings (SSSR count). The molecule has 0 fully saturated rings. The number of ether oxygens (including phenoxy) is 2. The molecule has 0 bridgehead atoms. The second-order valence-electron chi connectivity index (χ2n) is 3.90. The van der Waals surface area contributed by atoms with Gasteiger partial charge in [0.15, 0.2) is 0 Å². The minimum atomic E-state index is 0.0659. The molecule has 0 aliphatic carbocycles. The Morgan fingerprint density at radius 3 is 2.53 bits per heavy atom. The molecular formula is C12H19NO2. The molecule has 0 aromatic heterocycles. The summed E-state index contributed by atoms with van der Waals surface area (Å²) in [6.07, 6.45) is 0. The van der Waals surface area contributed by atoms with Crippen molar-refractivity contribution in [3.63, 3.8) is 0 Å². The van der Waals surface area contributed by atoms with Crippen molar-refractivity contribution in [2.45, 2.75) is 19.9 Å². The van der Waals surface area contributed by atoms with Crippen molar-refractivity contribution < 1.29 is 9.47 Å². The van der Waals surface area contributed by atoms with Crippen LogP contribution in [0.4, 0.5) is 0 Å². The van der Waals surface area contributed by atoms with E-state index in [1.165, 1.54) is 0 Å². The summed E-state index contributed by atoms with van der Waals surface area (Å²) in [5.74, 6) is 2.02. The molecule has 0 aliphatic rings. The van der Waals surface area contributed by atoms with E-state index in [1.54, 1.807) is 7.11 Å². The lowest BCUT2D eigenvalue weighted by molar-refractivity contribution is 0.258. The normalized spacial score (nSPS) is 12.6. The largest absolute Gasteiger partial charge is 0.497 e. The average molecular weight is 209 g/mol. The van der Waals surface area contributed by atoms with Gasteiger partial charge in [-0.05, 0) is 18.1 Å². The molecule has 1 aromatic carbocycles. The summed E-state index contributed by atoms with van der Waals surface area (Å²) in [5, 5.41) is 0. The minimum Gasteiger partial charge on any atom is -0.497 e. The predicted octanol–water partition coefficient (Wildman–Crippen LogP) is 2.06. The Kier molecular flexibility index (Phi) is 4.43. The number of rotatable bonds is 5. The van der Waals surface area contributed by atoms with Crippen molar-refractivity contribution in [1.29, 1.82) is 0 Å². The van der Waals surface area contributed by atoms with Crippen LogP contribution in [-0.2, 0) is 0 Å².